The highest BCUT2D eigenvalue weighted by Crippen LogP contribution is 2.29. The molecule has 0 spiro atoms. The summed E-state index contributed by atoms with van der Waals surface area (Å²) in [5.74, 6) is -1.08. The molecular weight excluding hydrogens is 487 g/mol. The third-order valence-electron chi connectivity index (χ3n) is 4.43. The lowest BCUT2D eigenvalue weighted by Gasteiger charge is -2.24. The van der Waals surface area contributed by atoms with E-state index in [2.05, 4.69) is 5.32 Å². The van der Waals surface area contributed by atoms with E-state index in [-0.39, 0.29) is 27.2 Å². The first-order valence-corrected chi connectivity index (χ1v) is 12.0. The van der Waals surface area contributed by atoms with Crippen LogP contribution in [-0.2, 0) is 19.6 Å². The van der Waals surface area contributed by atoms with Crippen LogP contribution in [-0.4, -0.2) is 33.4 Å². The highest BCUT2D eigenvalue weighted by molar-refractivity contribution is 7.92. The molecule has 0 atom stereocenters. The predicted octanol–water partition coefficient (Wildman–Crippen LogP) is 5.00. The van der Waals surface area contributed by atoms with Crippen molar-refractivity contribution < 1.29 is 22.7 Å². The molecular formula is C23H20Cl2N2O5S. The van der Waals surface area contributed by atoms with Crippen molar-refractivity contribution in [2.75, 3.05) is 22.8 Å². The smallest absolute Gasteiger partial charge is 0.338 e. The first-order chi connectivity index (χ1) is 15.7. The molecule has 3 aromatic carbocycles. The summed E-state index contributed by atoms with van der Waals surface area (Å²) in [5, 5.41) is 3.08. The van der Waals surface area contributed by atoms with Gasteiger partial charge in [-0.15, -0.1) is 0 Å². The second kappa shape index (κ2) is 10.7. The highest BCUT2D eigenvalue weighted by Gasteiger charge is 2.27. The van der Waals surface area contributed by atoms with Crippen molar-refractivity contribution in [1.29, 1.82) is 0 Å². The molecule has 1 amide bonds. The monoisotopic (exact) mass is 506 g/mol. The van der Waals surface area contributed by atoms with Crippen LogP contribution in [0, 0.1) is 0 Å². The Labute approximate surface area is 201 Å². The number of hydrogen-bond acceptors (Lipinski definition) is 5. The summed E-state index contributed by atoms with van der Waals surface area (Å²) in [6.07, 6.45) is 0. The minimum absolute atomic E-state index is 0.00712. The van der Waals surface area contributed by atoms with Crippen LogP contribution >= 0.6 is 23.2 Å². The van der Waals surface area contributed by atoms with E-state index in [4.69, 9.17) is 27.9 Å². The number of esters is 1. The van der Waals surface area contributed by atoms with E-state index in [0.29, 0.717) is 11.3 Å². The Morgan fingerprint density at radius 2 is 1.55 bits per heavy atom. The zero-order chi connectivity index (χ0) is 24.0. The van der Waals surface area contributed by atoms with Gasteiger partial charge in [0, 0.05) is 15.7 Å². The van der Waals surface area contributed by atoms with Crippen molar-refractivity contribution in [2.24, 2.45) is 0 Å². The largest absolute Gasteiger partial charge is 0.462 e. The van der Waals surface area contributed by atoms with Gasteiger partial charge in [0.2, 0.25) is 5.91 Å². The molecule has 0 unspecified atom stereocenters. The van der Waals surface area contributed by atoms with Crippen molar-refractivity contribution in [3.8, 4) is 0 Å². The number of rotatable bonds is 8. The van der Waals surface area contributed by atoms with Gasteiger partial charge in [-0.3, -0.25) is 9.10 Å². The molecule has 0 saturated carbocycles. The van der Waals surface area contributed by atoms with Gasteiger partial charge in [-0.2, -0.15) is 0 Å². The maximum atomic E-state index is 13.3. The normalized spacial score (nSPS) is 11.0. The molecule has 0 aliphatic heterocycles. The zero-order valence-corrected chi connectivity index (χ0v) is 19.8. The maximum Gasteiger partial charge on any atom is 0.338 e. The van der Waals surface area contributed by atoms with Crippen LogP contribution in [0.4, 0.5) is 11.4 Å². The molecule has 0 aliphatic carbocycles. The second-order valence-corrected chi connectivity index (χ2v) is 9.53. The van der Waals surface area contributed by atoms with Gasteiger partial charge in [0.1, 0.15) is 6.54 Å². The van der Waals surface area contributed by atoms with Gasteiger partial charge >= 0.3 is 5.97 Å². The zero-order valence-electron chi connectivity index (χ0n) is 17.5. The Bertz CT molecular complexity index is 1230. The molecule has 10 heteroatoms. The quantitative estimate of drug-likeness (QED) is 0.433. The van der Waals surface area contributed by atoms with Gasteiger partial charge in [0.05, 0.1) is 22.8 Å². The Hall–Kier alpha value is -3.07. The van der Waals surface area contributed by atoms with Gasteiger partial charge in [-0.25, -0.2) is 13.2 Å². The molecule has 1 N–H and O–H groups in total. The molecule has 3 aromatic rings. The fraction of sp³-hybridized carbons (Fsp3) is 0.130. The summed E-state index contributed by atoms with van der Waals surface area (Å²) in [4.78, 5) is 24.6. The number of nitrogens with zero attached hydrogens (tertiary/aromatic N) is 1. The molecule has 7 nitrogen and oxygen atoms in total. The lowest BCUT2D eigenvalue weighted by molar-refractivity contribution is -0.114. The van der Waals surface area contributed by atoms with Crippen LogP contribution in [0.2, 0.25) is 10.0 Å². The number of sulfonamides is 1. The van der Waals surface area contributed by atoms with Crippen molar-refractivity contribution in [3.05, 3.63) is 88.4 Å². The second-order valence-electron chi connectivity index (χ2n) is 6.80. The maximum absolute atomic E-state index is 13.3. The molecule has 33 heavy (non-hydrogen) atoms. The first-order valence-electron chi connectivity index (χ1n) is 9.81. The summed E-state index contributed by atoms with van der Waals surface area (Å²) in [6, 6.07) is 18.1. The van der Waals surface area contributed by atoms with E-state index in [1.165, 1.54) is 54.6 Å². The standard InChI is InChI=1S/C23H20Cl2N2O5S/c1-2-32-23(29)16-8-10-19(11-9-16)26-22(28)15-27(20-13-17(24)12-18(25)14-20)33(30,31)21-6-4-3-5-7-21/h3-14H,2,15H2,1H3,(H,26,28). The number of halogens is 2. The average molecular weight is 507 g/mol. The van der Waals surface area contributed by atoms with E-state index in [0.717, 1.165) is 4.31 Å². The van der Waals surface area contributed by atoms with Gasteiger partial charge in [-0.1, -0.05) is 41.4 Å². The van der Waals surface area contributed by atoms with E-state index in [9.17, 15) is 18.0 Å². The van der Waals surface area contributed by atoms with E-state index < -0.39 is 28.4 Å². The number of amides is 1. The summed E-state index contributed by atoms with van der Waals surface area (Å²) in [5.41, 5.74) is 0.857. The number of carbonyl (C=O) groups is 2. The number of ether oxygens (including phenoxy) is 1. The van der Waals surface area contributed by atoms with E-state index >= 15 is 0 Å². The molecule has 172 valence electrons. The fourth-order valence-corrected chi connectivity index (χ4v) is 4.89. The van der Waals surface area contributed by atoms with Crippen LogP contribution in [0.25, 0.3) is 0 Å². The van der Waals surface area contributed by atoms with Gasteiger partial charge in [0.15, 0.2) is 0 Å². The van der Waals surface area contributed by atoms with Crippen LogP contribution < -0.4 is 9.62 Å². The van der Waals surface area contributed by atoms with E-state index in [1.54, 1.807) is 25.1 Å². The summed E-state index contributed by atoms with van der Waals surface area (Å²) in [6.45, 7) is 1.42. The molecule has 0 aliphatic rings. The number of nitrogens with one attached hydrogen (secondary N) is 1. The average Bonchev–Trinajstić information content (AvgIpc) is 2.78. The predicted molar refractivity (Wildman–Crippen MR) is 128 cm³/mol. The van der Waals surface area contributed by atoms with Crippen molar-refractivity contribution in [1.82, 2.24) is 0 Å². The van der Waals surface area contributed by atoms with Gasteiger partial charge in [0.25, 0.3) is 10.0 Å². The molecule has 0 aromatic heterocycles. The topological polar surface area (TPSA) is 92.8 Å². The molecule has 0 radical (unpaired) electrons. The van der Waals surface area contributed by atoms with Crippen molar-refractivity contribution >= 4 is 56.5 Å². The van der Waals surface area contributed by atoms with Crippen LogP contribution in [0.5, 0.6) is 0 Å². The number of anilines is 2. The Kier molecular flexibility index (Phi) is 7.97. The molecule has 0 heterocycles. The van der Waals surface area contributed by atoms with Gasteiger partial charge in [-0.05, 0) is 61.5 Å². The van der Waals surface area contributed by atoms with Crippen molar-refractivity contribution in [3.63, 3.8) is 0 Å². The molecule has 0 saturated heterocycles. The summed E-state index contributed by atoms with van der Waals surface area (Å²) >= 11 is 12.2. The van der Waals surface area contributed by atoms with Crippen LogP contribution in [0.3, 0.4) is 0 Å². The summed E-state index contributed by atoms with van der Waals surface area (Å²) in [7, 11) is -4.11. The van der Waals surface area contributed by atoms with Crippen LogP contribution in [0.15, 0.2) is 77.7 Å². The third-order valence-corrected chi connectivity index (χ3v) is 6.66. The lowest BCUT2D eigenvalue weighted by Crippen LogP contribution is -2.38. The Balaban J connectivity index is 1.87. The summed E-state index contributed by atoms with van der Waals surface area (Å²) < 4.78 is 32.5. The fourth-order valence-electron chi connectivity index (χ4n) is 2.95. The number of hydrogen-bond donors (Lipinski definition) is 1. The number of carbonyl (C=O) groups excluding carboxylic acids is 2. The Morgan fingerprint density at radius 3 is 2.12 bits per heavy atom. The number of benzene rings is 3. The van der Waals surface area contributed by atoms with Gasteiger partial charge < -0.3 is 10.1 Å². The highest BCUT2D eigenvalue weighted by atomic mass is 35.5. The molecule has 0 bridgehead atoms. The van der Waals surface area contributed by atoms with Crippen molar-refractivity contribution in [2.45, 2.75) is 11.8 Å². The van der Waals surface area contributed by atoms with Crippen LogP contribution in [0.1, 0.15) is 17.3 Å². The molecule has 0 fully saturated rings. The Morgan fingerprint density at radius 1 is 0.939 bits per heavy atom. The first kappa shape index (κ1) is 24.6. The van der Waals surface area contributed by atoms with E-state index in [1.807, 2.05) is 0 Å². The lowest BCUT2D eigenvalue weighted by atomic mass is 10.2. The SMILES string of the molecule is CCOC(=O)c1ccc(NC(=O)CN(c2cc(Cl)cc(Cl)c2)S(=O)(=O)c2ccccc2)cc1. The minimum Gasteiger partial charge on any atom is -0.462 e. The minimum atomic E-state index is -4.11. The molecule has 3 rings (SSSR count). The third kappa shape index (κ3) is 6.25.